The van der Waals surface area contributed by atoms with Crippen molar-refractivity contribution in [2.45, 2.75) is 60.2 Å². The van der Waals surface area contributed by atoms with E-state index in [1.165, 1.54) is 6.08 Å². The second kappa shape index (κ2) is 6.30. The van der Waals surface area contributed by atoms with E-state index in [1.807, 2.05) is 33.8 Å². The summed E-state index contributed by atoms with van der Waals surface area (Å²) in [7, 11) is 0. The van der Waals surface area contributed by atoms with E-state index in [0.29, 0.717) is 17.7 Å². The van der Waals surface area contributed by atoms with E-state index in [9.17, 15) is 13.2 Å². The Morgan fingerprint density at radius 2 is 1.67 bits per heavy atom. The third-order valence-electron chi connectivity index (χ3n) is 2.38. The number of alkyl halides is 3. The van der Waals surface area contributed by atoms with Crippen molar-refractivity contribution in [3.05, 3.63) is 23.4 Å². The van der Waals surface area contributed by atoms with Crippen molar-refractivity contribution in [2.24, 2.45) is 5.41 Å². The molecule has 0 aliphatic carbocycles. The van der Waals surface area contributed by atoms with Crippen molar-refractivity contribution in [3.8, 4) is 0 Å². The molecule has 0 spiro atoms. The number of nitrogens with one attached hydrogen (secondary N) is 1. The number of rotatable bonds is 4. The molecular formula is C14H24F3N. The molecule has 0 aromatic carbocycles. The maximum absolute atomic E-state index is 12.9. The zero-order valence-electron chi connectivity index (χ0n) is 12.1. The molecule has 0 aromatic rings. The van der Waals surface area contributed by atoms with Crippen LogP contribution < -0.4 is 5.32 Å². The molecule has 0 fully saturated rings. The van der Waals surface area contributed by atoms with Gasteiger partial charge in [-0.25, -0.2) is 0 Å². The van der Waals surface area contributed by atoms with Crippen LogP contribution in [0.2, 0.25) is 0 Å². The Bertz CT molecular complexity index is 315. The van der Waals surface area contributed by atoms with Crippen molar-refractivity contribution in [2.75, 3.05) is 0 Å². The fraction of sp³-hybridized carbons (Fsp3) is 0.714. The predicted molar refractivity (Wildman–Crippen MR) is 70.2 cm³/mol. The van der Waals surface area contributed by atoms with Gasteiger partial charge in [0.05, 0.1) is 0 Å². The molecule has 1 nitrogen and oxygen atoms in total. The van der Waals surface area contributed by atoms with Crippen LogP contribution in [0.3, 0.4) is 0 Å². The van der Waals surface area contributed by atoms with Gasteiger partial charge in [-0.3, -0.25) is 0 Å². The van der Waals surface area contributed by atoms with Crippen LogP contribution in [0.15, 0.2) is 23.4 Å². The largest absolute Gasteiger partial charge is 0.412 e. The molecule has 0 amide bonds. The summed E-state index contributed by atoms with van der Waals surface area (Å²) in [4.78, 5) is 0. The molecule has 1 N–H and O–H groups in total. The number of allylic oxidation sites excluding steroid dienone is 3. The Morgan fingerprint density at radius 3 is 1.94 bits per heavy atom. The Kier molecular flexibility index (Phi) is 5.97. The third-order valence-corrected chi connectivity index (χ3v) is 2.38. The summed E-state index contributed by atoms with van der Waals surface area (Å²) < 4.78 is 38.8. The van der Waals surface area contributed by atoms with Crippen LogP contribution in [0.1, 0.15) is 48.0 Å². The van der Waals surface area contributed by atoms with Crippen LogP contribution in [0, 0.1) is 5.41 Å². The van der Waals surface area contributed by atoms with Gasteiger partial charge in [0.1, 0.15) is 6.04 Å². The van der Waals surface area contributed by atoms with E-state index >= 15 is 0 Å². The fourth-order valence-electron chi connectivity index (χ4n) is 1.50. The minimum atomic E-state index is -4.28. The first kappa shape index (κ1) is 17.1. The molecule has 4 heteroatoms. The van der Waals surface area contributed by atoms with Crippen LogP contribution in [0.5, 0.6) is 0 Å². The Morgan fingerprint density at radius 1 is 1.17 bits per heavy atom. The normalized spacial score (nSPS) is 15.3. The van der Waals surface area contributed by atoms with Crippen LogP contribution in [0.25, 0.3) is 0 Å². The number of hydrogen-bond donors (Lipinski definition) is 1. The van der Waals surface area contributed by atoms with Gasteiger partial charge in [0.15, 0.2) is 0 Å². The first-order valence-corrected chi connectivity index (χ1v) is 6.17. The van der Waals surface area contributed by atoms with Gasteiger partial charge in [0.2, 0.25) is 0 Å². The van der Waals surface area contributed by atoms with E-state index in [-0.39, 0.29) is 5.41 Å². The quantitative estimate of drug-likeness (QED) is 0.717. The molecule has 0 saturated heterocycles. The molecule has 0 aromatic heterocycles. The Hall–Kier alpha value is -0.930. The smallest absolute Gasteiger partial charge is 0.374 e. The van der Waals surface area contributed by atoms with Gasteiger partial charge in [-0.15, -0.1) is 0 Å². The van der Waals surface area contributed by atoms with Crippen LogP contribution in [-0.4, -0.2) is 12.2 Å². The molecule has 0 heterocycles. The molecule has 0 radical (unpaired) electrons. The number of halogens is 3. The Balaban J connectivity index is 5.19. The van der Waals surface area contributed by atoms with Gasteiger partial charge in [0, 0.05) is 11.1 Å². The summed E-state index contributed by atoms with van der Waals surface area (Å²) in [5, 5.41) is 2.63. The minimum absolute atomic E-state index is 0.324. The van der Waals surface area contributed by atoms with E-state index in [0.717, 1.165) is 0 Å². The molecule has 0 bridgehead atoms. The van der Waals surface area contributed by atoms with Gasteiger partial charge in [-0.05, 0) is 20.3 Å². The van der Waals surface area contributed by atoms with Crippen LogP contribution >= 0.6 is 0 Å². The minimum Gasteiger partial charge on any atom is -0.374 e. The highest BCUT2D eigenvalue weighted by Gasteiger charge is 2.39. The molecule has 0 aliphatic heterocycles. The molecule has 1 atom stereocenters. The molecule has 0 saturated carbocycles. The molecule has 0 aliphatic rings. The monoisotopic (exact) mass is 263 g/mol. The van der Waals surface area contributed by atoms with Crippen molar-refractivity contribution in [1.82, 2.24) is 5.32 Å². The zero-order valence-corrected chi connectivity index (χ0v) is 12.1. The van der Waals surface area contributed by atoms with Crippen molar-refractivity contribution in [1.29, 1.82) is 0 Å². The summed E-state index contributed by atoms with van der Waals surface area (Å²) in [5.74, 6) is 0. The summed E-state index contributed by atoms with van der Waals surface area (Å²) in [6.07, 6.45) is -0.541. The standard InChI is InChI=1S/C14H24F3N/c1-7-8-11(13(4,5)6)18-12(9-10(2)3)14(15,16)17/h8-9,12,18H,7H2,1-6H3/b11-8+. The molecule has 106 valence electrons. The highest BCUT2D eigenvalue weighted by molar-refractivity contribution is 5.15. The molecular weight excluding hydrogens is 239 g/mol. The lowest BCUT2D eigenvalue weighted by Gasteiger charge is -2.29. The summed E-state index contributed by atoms with van der Waals surface area (Å²) in [6.45, 7) is 10.9. The maximum Gasteiger partial charge on any atom is 0.412 e. The van der Waals surface area contributed by atoms with Crippen molar-refractivity contribution >= 4 is 0 Å². The van der Waals surface area contributed by atoms with Gasteiger partial charge in [-0.1, -0.05) is 45.4 Å². The number of hydrogen-bond acceptors (Lipinski definition) is 1. The van der Waals surface area contributed by atoms with E-state index in [4.69, 9.17) is 0 Å². The van der Waals surface area contributed by atoms with Crippen molar-refractivity contribution < 1.29 is 13.2 Å². The van der Waals surface area contributed by atoms with E-state index < -0.39 is 12.2 Å². The van der Waals surface area contributed by atoms with Gasteiger partial charge in [0.25, 0.3) is 0 Å². The zero-order chi connectivity index (χ0) is 14.6. The second-order valence-corrected chi connectivity index (χ2v) is 5.68. The summed E-state index contributed by atoms with van der Waals surface area (Å²) >= 11 is 0. The van der Waals surface area contributed by atoms with Gasteiger partial charge >= 0.3 is 6.18 Å². The first-order chi connectivity index (χ1) is 7.98. The lowest BCUT2D eigenvalue weighted by atomic mass is 9.90. The first-order valence-electron chi connectivity index (χ1n) is 6.17. The lowest BCUT2D eigenvalue weighted by Crippen LogP contribution is -2.43. The lowest BCUT2D eigenvalue weighted by molar-refractivity contribution is -0.143. The Labute approximate surface area is 108 Å². The van der Waals surface area contributed by atoms with Gasteiger partial charge < -0.3 is 5.32 Å². The molecule has 0 rings (SSSR count). The molecule has 18 heavy (non-hydrogen) atoms. The fourth-order valence-corrected chi connectivity index (χ4v) is 1.50. The second-order valence-electron chi connectivity index (χ2n) is 5.68. The van der Waals surface area contributed by atoms with Crippen LogP contribution in [-0.2, 0) is 0 Å². The van der Waals surface area contributed by atoms with Crippen LogP contribution in [0.4, 0.5) is 13.2 Å². The van der Waals surface area contributed by atoms with Crippen molar-refractivity contribution in [3.63, 3.8) is 0 Å². The third kappa shape index (κ3) is 6.12. The summed E-state index contributed by atoms with van der Waals surface area (Å²) in [6, 6.07) is -1.63. The average Bonchev–Trinajstić information content (AvgIpc) is 2.11. The average molecular weight is 263 g/mol. The predicted octanol–water partition coefficient (Wildman–Crippen LogP) is 4.81. The molecule has 1 unspecified atom stereocenters. The van der Waals surface area contributed by atoms with Gasteiger partial charge in [-0.2, -0.15) is 13.2 Å². The van der Waals surface area contributed by atoms with E-state index in [2.05, 4.69) is 5.32 Å². The SMILES string of the molecule is CC/C=C(/NC(C=C(C)C)C(F)(F)F)C(C)(C)C. The highest BCUT2D eigenvalue weighted by atomic mass is 19.4. The maximum atomic E-state index is 12.9. The topological polar surface area (TPSA) is 12.0 Å². The highest BCUT2D eigenvalue weighted by Crippen LogP contribution is 2.28. The summed E-state index contributed by atoms with van der Waals surface area (Å²) in [5.41, 5.74) is 0.953. The van der Waals surface area contributed by atoms with E-state index in [1.54, 1.807) is 13.8 Å².